The smallest absolute Gasteiger partial charge is 0.0431 e. The van der Waals surface area contributed by atoms with Crippen molar-refractivity contribution in [1.29, 1.82) is 0 Å². The van der Waals surface area contributed by atoms with E-state index in [2.05, 4.69) is 6.92 Å². The summed E-state index contributed by atoms with van der Waals surface area (Å²) in [6, 6.07) is 12.0. The van der Waals surface area contributed by atoms with Crippen LogP contribution in [0.5, 0.6) is 0 Å². The van der Waals surface area contributed by atoms with Gasteiger partial charge in [0.2, 0.25) is 0 Å². The van der Waals surface area contributed by atoms with E-state index in [0.717, 1.165) is 6.42 Å². The maximum Gasteiger partial charge on any atom is 0.0431 e. The molecular formula is C15H28O2. The Bertz CT molecular complexity index is 165. The van der Waals surface area contributed by atoms with E-state index in [4.69, 9.17) is 5.11 Å². The van der Waals surface area contributed by atoms with E-state index in [1.807, 2.05) is 36.4 Å². The highest BCUT2D eigenvalue weighted by Crippen LogP contribution is 2.05. The fourth-order valence-electron chi connectivity index (χ4n) is 1.45. The van der Waals surface area contributed by atoms with Gasteiger partial charge in [0, 0.05) is 6.61 Å². The normalized spacial score (nSPS) is 8.82. The molecule has 0 fully saturated rings. The average molecular weight is 240 g/mol. The molecule has 0 radical (unpaired) electrons. The summed E-state index contributed by atoms with van der Waals surface area (Å²) in [4.78, 5) is 0. The van der Waals surface area contributed by atoms with Gasteiger partial charge in [-0.1, -0.05) is 81.8 Å². The van der Waals surface area contributed by atoms with Crippen LogP contribution in [0.4, 0.5) is 0 Å². The van der Waals surface area contributed by atoms with Crippen molar-refractivity contribution < 1.29 is 10.6 Å². The van der Waals surface area contributed by atoms with Gasteiger partial charge in [0.1, 0.15) is 0 Å². The van der Waals surface area contributed by atoms with Crippen molar-refractivity contribution in [2.45, 2.75) is 51.9 Å². The van der Waals surface area contributed by atoms with Crippen LogP contribution >= 0.6 is 0 Å². The Morgan fingerprint density at radius 2 is 1.00 bits per heavy atom. The van der Waals surface area contributed by atoms with Crippen LogP contribution < -0.4 is 0 Å². The van der Waals surface area contributed by atoms with Crippen molar-refractivity contribution in [1.82, 2.24) is 0 Å². The molecule has 0 aliphatic heterocycles. The molecular weight excluding hydrogens is 212 g/mol. The predicted octanol–water partition coefficient (Wildman–Crippen LogP) is 3.59. The monoisotopic (exact) mass is 240 g/mol. The zero-order chi connectivity index (χ0) is 11.9. The quantitative estimate of drug-likeness (QED) is 0.727. The van der Waals surface area contributed by atoms with Gasteiger partial charge in [0.15, 0.2) is 0 Å². The summed E-state index contributed by atoms with van der Waals surface area (Å²) in [7, 11) is 0. The first kappa shape index (κ1) is 18.5. The summed E-state index contributed by atoms with van der Waals surface area (Å²) in [5.41, 5.74) is 0. The third-order valence-corrected chi connectivity index (χ3v) is 2.43. The summed E-state index contributed by atoms with van der Waals surface area (Å²) in [5, 5.41) is 8.47. The fraction of sp³-hybridized carbons (Fsp3) is 0.600. The molecule has 0 spiro atoms. The summed E-state index contributed by atoms with van der Waals surface area (Å²) < 4.78 is 0. The molecule has 1 rings (SSSR count). The Morgan fingerprint density at radius 3 is 1.35 bits per heavy atom. The topological polar surface area (TPSA) is 51.7 Å². The minimum Gasteiger partial charge on any atom is -0.412 e. The maximum absolute atomic E-state index is 8.47. The lowest BCUT2D eigenvalue weighted by Crippen LogP contribution is -1.83. The molecule has 0 saturated carbocycles. The molecule has 0 unspecified atom stereocenters. The highest BCUT2D eigenvalue weighted by Gasteiger charge is 1.88. The average Bonchev–Trinajstić information content (AvgIpc) is 2.37. The number of hydrogen-bond acceptors (Lipinski definition) is 1. The van der Waals surface area contributed by atoms with Crippen molar-refractivity contribution in [2.75, 3.05) is 6.61 Å². The Balaban J connectivity index is 0. The number of hydrogen-bond donors (Lipinski definition) is 1. The molecule has 0 aliphatic rings. The maximum atomic E-state index is 8.47. The summed E-state index contributed by atoms with van der Waals surface area (Å²) >= 11 is 0. The van der Waals surface area contributed by atoms with Gasteiger partial charge in [-0.25, -0.2) is 0 Å². The minimum absolute atomic E-state index is 0. The lowest BCUT2D eigenvalue weighted by Gasteiger charge is -1.97. The van der Waals surface area contributed by atoms with Gasteiger partial charge in [0.05, 0.1) is 0 Å². The van der Waals surface area contributed by atoms with E-state index in [1.165, 1.54) is 38.5 Å². The number of aliphatic hydroxyl groups is 1. The zero-order valence-electron chi connectivity index (χ0n) is 11.1. The molecule has 0 amide bonds. The van der Waals surface area contributed by atoms with Crippen molar-refractivity contribution >= 4 is 0 Å². The third-order valence-electron chi connectivity index (χ3n) is 2.43. The molecule has 100 valence electrons. The standard InChI is InChI=1S/C9H20O.C6H6.H2O/c1-2-3-4-5-6-7-8-9-10;1-2-4-6-5-3-1;/h10H,2-9H2,1H3;1-6H;1H2. The van der Waals surface area contributed by atoms with Crippen LogP contribution in [0.3, 0.4) is 0 Å². The Labute approximate surface area is 106 Å². The van der Waals surface area contributed by atoms with E-state index in [0.29, 0.717) is 6.61 Å². The highest BCUT2D eigenvalue weighted by molar-refractivity contribution is 4.99. The summed E-state index contributed by atoms with van der Waals surface area (Å²) in [6.07, 6.45) is 8.93. The van der Waals surface area contributed by atoms with Gasteiger partial charge in [-0.05, 0) is 6.42 Å². The fourth-order valence-corrected chi connectivity index (χ4v) is 1.45. The lowest BCUT2D eigenvalue weighted by molar-refractivity contribution is 0.282. The molecule has 0 aliphatic carbocycles. The van der Waals surface area contributed by atoms with E-state index in [9.17, 15) is 0 Å². The molecule has 0 aromatic heterocycles. The van der Waals surface area contributed by atoms with Crippen LogP contribution in [-0.4, -0.2) is 17.2 Å². The highest BCUT2D eigenvalue weighted by atomic mass is 16.2. The van der Waals surface area contributed by atoms with E-state index < -0.39 is 0 Å². The van der Waals surface area contributed by atoms with Crippen molar-refractivity contribution in [3.8, 4) is 0 Å². The van der Waals surface area contributed by atoms with Gasteiger partial charge < -0.3 is 10.6 Å². The van der Waals surface area contributed by atoms with Crippen LogP contribution in [0.1, 0.15) is 51.9 Å². The van der Waals surface area contributed by atoms with Crippen LogP contribution in [0.15, 0.2) is 36.4 Å². The van der Waals surface area contributed by atoms with Crippen LogP contribution in [0.2, 0.25) is 0 Å². The number of aliphatic hydroxyl groups excluding tert-OH is 1. The molecule has 0 saturated heterocycles. The SMILES string of the molecule is CCCCCCCCCO.O.c1ccccc1. The number of rotatable bonds is 7. The van der Waals surface area contributed by atoms with Gasteiger partial charge in [-0.3, -0.25) is 0 Å². The molecule has 0 heterocycles. The summed E-state index contributed by atoms with van der Waals surface area (Å²) in [5.74, 6) is 0. The second-order valence-corrected chi connectivity index (χ2v) is 4.00. The first-order valence-corrected chi connectivity index (χ1v) is 6.52. The van der Waals surface area contributed by atoms with E-state index in [-0.39, 0.29) is 5.48 Å². The van der Waals surface area contributed by atoms with Crippen molar-refractivity contribution in [3.63, 3.8) is 0 Å². The molecule has 3 N–H and O–H groups in total. The molecule has 2 nitrogen and oxygen atoms in total. The van der Waals surface area contributed by atoms with Crippen LogP contribution in [-0.2, 0) is 0 Å². The lowest BCUT2D eigenvalue weighted by atomic mass is 10.1. The largest absolute Gasteiger partial charge is 0.412 e. The summed E-state index contributed by atoms with van der Waals surface area (Å²) in [6.45, 7) is 2.60. The van der Waals surface area contributed by atoms with Gasteiger partial charge in [-0.15, -0.1) is 0 Å². The van der Waals surface area contributed by atoms with Crippen LogP contribution in [0, 0.1) is 0 Å². The van der Waals surface area contributed by atoms with Crippen molar-refractivity contribution in [3.05, 3.63) is 36.4 Å². The van der Waals surface area contributed by atoms with E-state index >= 15 is 0 Å². The van der Waals surface area contributed by atoms with Gasteiger partial charge in [-0.2, -0.15) is 0 Å². The van der Waals surface area contributed by atoms with Gasteiger partial charge >= 0.3 is 0 Å². The Morgan fingerprint density at radius 1 is 0.647 bits per heavy atom. The van der Waals surface area contributed by atoms with E-state index in [1.54, 1.807) is 0 Å². The number of benzene rings is 1. The third kappa shape index (κ3) is 17.7. The molecule has 17 heavy (non-hydrogen) atoms. The first-order valence-electron chi connectivity index (χ1n) is 6.52. The molecule has 0 atom stereocenters. The second kappa shape index (κ2) is 17.5. The predicted molar refractivity (Wildman–Crippen MR) is 75.1 cm³/mol. The van der Waals surface area contributed by atoms with Crippen LogP contribution in [0.25, 0.3) is 0 Å². The molecule has 1 aromatic carbocycles. The van der Waals surface area contributed by atoms with Crippen molar-refractivity contribution in [2.24, 2.45) is 0 Å². The first-order chi connectivity index (χ1) is 7.91. The second-order valence-electron chi connectivity index (χ2n) is 4.00. The number of unbranched alkanes of at least 4 members (excludes halogenated alkanes) is 6. The van der Waals surface area contributed by atoms with Gasteiger partial charge in [0.25, 0.3) is 0 Å². The molecule has 1 aromatic rings. The minimum atomic E-state index is 0. The zero-order valence-corrected chi connectivity index (χ0v) is 11.1. The Hall–Kier alpha value is -0.860. The molecule has 2 heteroatoms. The molecule has 0 bridgehead atoms. The Kier molecular flexibility index (Phi) is 19.1.